The van der Waals surface area contributed by atoms with E-state index in [-0.39, 0.29) is 5.69 Å². The number of nitrogens with one attached hydrogen (secondary N) is 1. The number of hydrogen-bond donors (Lipinski definition) is 2. The van der Waals surface area contributed by atoms with E-state index in [1.807, 2.05) is 31.3 Å². The largest absolute Gasteiger partial charge is 0.457 e. The number of hydrogen-bond acceptors (Lipinski definition) is 10. The second-order valence-electron chi connectivity index (χ2n) is 9.97. The third kappa shape index (κ3) is 7.09. The van der Waals surface area contributed by atoms with Crippen LogP contribution in [0.3, 0.4) is 0 Å². The van der Waals surface area contributed by atoms with Crippen LogP contribution in [0, 0.1) is 18.7 Å². The maximum Gasteiger partial charge on any atom is 0.160 e. The standard InChI is InChI=1S/C27H27FN8O.C3H4O.CH5N/c1-16-5-4-12-36(14-16)24-11-8-20-26(32-24)27(30-15-29-20)31-19-7-10-23(17(2)25(19)28)37-18-6-9-22-21(13-18)33-34-35(22)3;1-2-3-4;1-2/h6-11,13,15-16H,4-5,12,14H2,1-3H3,(H,29,30,31);2-3H,1H2;2H2,1H3. The summed E-state index contributed by atoms with van der Waals surface area (Å²) in [5.41, 5.74) is 8.05. The lowest BCUT2D eigenvalue weighted by molar-refractivity contribution is -0.104. The maximum absolute atomic E-state index is 15.5. The van der Waals surface area contributed by atoms with Crippen molar-refractivity contribution in [2.75, 3.05) is 30.4 Å². The van der Waals surface area contributed by atoms with Gasteiger partial charge in [-0.15, -0.1) is 5.10 Å². The van der Waals surface area contributed by atoms with E-state index in [1.54, 1.807) is 29.8 Å². The van der Waals surface area contributed by atoms with Crippen LogP contribution in [0.4, 0.5) is 21.7 Å². The van der Waals surface area contributed by atoms with Crippen molar-refractivity contribution in [2.45, 2.75) is 26.7 Å². The Labute approximate surface area is 249 Å². The van der Waals surface area contributed by atoms with E-state index >= 15 is 4.39 Å². The number of piperidine rings is 1. The topological polar surface area (TPSA) is 137 Å². The number of carbonyl (C=O) groups is 1. The highest BCUT2D eigenvalue weighted by Crippen LogP contribution is 2.34. The van der Waals surface area contributed by atoms with Gasteiger partial charge in [0, 0.05) is 31.8 Å². The van der Waals surface area contributed by atoms with E-state index in [2.05, 4.69) is 49.7 Å². The Morgan fingerprint density at radius 1 is 1.14 bits per heavy atom. The summed E-state index contributed by atoms with van der Waals surface area (Å²) < 4.78 is 23.2. The van der Waals surface area contributed by atoms with Gasteiger partial charge < -0.3 is 20.7 Å². The zero-order chi connectivity index (χ0) is 30.9. The van der Waals surface area contributed by atoms with Gasteiger partial charge >= 0.3 is 0 Å². The van der Waals surface area contributed by atoms with Gasteiger partial charge in [0.15, 0.2) is 11.6 Å². The highest BCUT2D eigenvalue weighted by Gasteiger charge is 2.19. The number of aldehydes is 1. The van der Waals surface area contributed by atoms with E-state index in [9.17, 15) is 0 Å². The number of nitrogens with two attached hydrogens (primary N) is 1. The number of anilines is 3. The van der Waals surface area contributed by atoms with Crippen molar-refractivity contribution in [1.29, 1.82) is 0 Å². The van der Waals surface area contributed by atoms with Crippen molar-refractivity contribution >= 4 is 45.7 Å². The molecular weight excluding hydrogens is 549 g/mol. The predicted octanol–water partition coefficient (Wildman–Crippen LogP) is 5.47. The highest BCUT2D eigenvalue weighted by atomic mass is 19.1. The molecule has 0 bridgehead atoms. The Kier molecular flexibility index (Phi) is 10.3. The summed E-state index contributed by atoms with van der Waals surface area (Å²) in [6.07, 6.45) is 5.66. The van der Waals surface area contributed by atoms with Crippen LogP contribution in [0.2, 0.25) is 0 Å². The number of nitrogens with zero attached hydrogens (tertiary/aromatic N) is 7. The molecule has 3 aromatic heterocycles. The molecule has 6 rings (SSSR count). The Bertz CT molecular complexity index is 1720. The third-order valence-electron chi connectivity index (χ3n) is 6.94. The van der Waals surface area contributed by atoms with E-state index in [4.69, 9.17) is 14.5 Å². The monoisotopic (exact) mass is 585 g/mol. The smallest absolute Gasteiger partial charge is 0.160 e. The van der Waals surface area contributed by atoms with E-state index in [0.717, 1.165) is 30.8 Å². The first kappa shape index (κ1) is 31.0. The molecule has 1 fully saturated rings. The Morgan fingerprint density at radius 3 is 2.67 bits per heavy atom. The van der Waals surface area contributed by atoms with Gasteiger partial charge in [-0.25, -0.2) is 24.0 Å². The van der Waals surface area contributed by atoms with Crippen molar-refractivity contribution in [2.24, 2.45) is 18.7 Å². The van der Waals surface area contributed by atoms with Gasteiger partial charge in [0.05, 0.1) is 16.7 Å². The molecule has 11 nitrogen and oxygen atoms in total. The Hall–Kier alpha value is -4.97. The number of fused-ring (bicyclic) bond motifs is 2. The first-order chi connectivity index (χ1) is 20.9. The second-order valence-corrected chi connectivity index (χ2v) is 9.97. The van der Waals surface area contributed by atoms with Gasteiger partial charge in [-0.1, -0.05) is 18.7 Å². The van der Waals surface area contributed by atoms with Crippen LogP contribution in [0.15, 0.2) is 61.4 Å². The molecule has 5 aromatic rings. The SMILES string of the molecule is C=CC=O.CN.Cc1c(Oc2ccc3c(c2)nnn3C)ccc(Nc2ncnc3ccc(N4CCCC(C)C4)nc23)c1F. The van der Waals surface area contributed by atoms with Crippen LogP contribution in [0.5, 0.6) is 11.5 Å². The lowest BCUT2D eigenvalue weighted by Crippen LogP contribution is -2.34. The first-order valence-corrected chi connectivity index (χ1v) is 13.9. The fourth-order valence-corrected chi connectivity index (χ4v) is 4.81. The summed E-state index contributed by atoms with van der Waals surface area (Å²) in [6, 6.07) is 12.8. The molecule has 0 aliphatic carbocycles. The van der Waals surface area contributed by atoms with Crippen molar-refractivity contribution in [3.63, 3.8) is 0 Å². The lowest BCUT2D eigenvalue weighted by Gasteiger charge is -2.32. The molecule has 12 heteroatoms. The lowest BCUT2D eigenvalue weighted by atomic mass is 10.0. The van der Waals surface area contributed by atoms with Gasteiger partial charge in [-0.3, -0.25) is 4.79 Å². The van der Waals surface area contributed by atoms with Crippen molar-refractivity contribution in [3.8, 4) is 11.5 Å². The predicted molar refractivity (Wildman–Crippen MR) is 167 cm³/mol. The van der Waals surface area contributed by atoms with E-state index in [0.29, 0.717) is 51.6 Å². The second kappa shape index (κ2) is 14.3. The number of benzene rings is 2. The quantitative estimate of drug-likeness (QED) is 0.195. The molecule has 4 heterocycles. The Morgan fingerprint density at radius 2 is 1.93 bits per heavy atom. The molecule has 1 unspecified atom stereocenters. The summed E-state index contributed by atoms with van der Waals surface area (Å²) in [5.74, 6) is 2.51. The number of carbonyl (C=O) groups excluding carboxylic acids is 1. The summed E-state index contributed by atoms with van der Waals surface area (Å²) in [7, 11) is 3.33. The molecule has 0 amide bonds. The van der Waals surface area contributed by atoms with Gasteiger partial charge in [0.1, 0.15) is 41.0 Å². The van der Waals surface area contributed by atoms with Gasteiger partial charge in [-0.2, -0.15) is 0 Å². The number of halogens is 1. The molecule has 1 saturated heterocycles. The third-order valence-corrected chi connectivity index (χ3v) is 6.94. The fourth-order valence-electron chi connectivity index (χ4n) is 4.81. The minimum atomic E-state index is -0.425. The van der Waals surface area contributed by atoms with Crippen molar-refractivity contribution in [1.82, 2.24) is 29.9 Å². The van der Waals surface area contributed by atoms with Crippen LogP contribution < -0.4 is 20.7 Å². The first-order valence-electron chi connectivity index (χ1n) is 13.9. The summed E-state index contributed by atoms with van der Waals surface area (Å²) in [6.45, 7) is 8.99. The average molecular weight is 586 g/mol. The molecule has 2 aromatic carbocycles. The van der Waals surface area contributed by atoms with Crippen LogP contribution in [0.1, 0.15) is 25.3 Å². The summed E-state index contributed by atoms with van der Waals surface area (Å²) in [5, 5.41) is 11.3. The van der Waals surface area contributed by atoms with E-state index < -0.39 is 5.82 Å². The number of aryl methyl sites for hydroxylation is 1. The van der Waals surface area contributed by atoms with Crippen LogP contribution in [-0.4, -0.2) is 56.4 Å². The average Bonchev–Trinajstić information content (AvgIpc) is 3.41. The minimum Gasteiger partial charge on any atom is -0.457 e. The maximum atomic E-state index is 15.5. The number of ether oxygens (including phenoxy) is 1. The zero-order valence-corrected chi connectivity index (χ0v) is 24.8. The summed E-state index contributed by atoms with van der Waals surface area (Å²) >= 11 is 0. The number of aromatic nitrogens is 6. The molecule has 0 spiro atoms. The van der Waals surface area contributed by atoms with Gasteiger partial charge in [-0.05, 0) is 75.2 Å². The molecule has 43 heavy (non-hydrogen) atoms. The van der Waals surface area contributed by atoms with E-state index in [1.165, 1.54) is 25.9 Å². The van der Waals surface area contributed by atoms with Crippen LogP contribution in [0.25, 0.3) is 22.1 Å². The van der Waals surface area contributed by atoms with Crippen LogP contribution >= 0.6 is 0 Å². The van der Waals surface area contributed by atoms with Crippen molar-refractivity contribution < 1.29 is 13.9 Å². The Balaban J connectivity index is 0.000000653. The van der Waals surface area contributed by atoms with Crippen LogP contribution in [-0.2, 0) is 11.8 Å². The molecule has 1 aliphatic heterocycles. The number of pyridine rings is 1. The molecule has 1 aliphatic rings. The minimum absolute atomic E-state index is 0.285. The molecule has 224 valence electrons. The number of allylic oxidation sites excluding steroid dienone is 1. The zero-order valence-electron chi connectivity index (χ0n) is 24.8. The molecule has 1 atom stereocenters. The van der Waals surface area contributed by atoms with Gasteiger partial charge in [0.25, 0.3) is 0 Å². The van der Waals surface area contributed by atoms with Gasteiger partial charge in [0.2, 0.25) is 0 Å². The molecule has 3 N–H and O–H groups in total. The molecule has 0 radical (unpaired) electrons. The fraction of sp³-hybridized carbons (Fsp3) is 0.290. The highest BCUT2D eigenvalue weighted by molar-refractivity contribution is 5.88. The normalized spacial score (nSPS) is 14.3. The molecular formula is C31H36FN9O2. The molecule has 0 saturated carbocycles. The summed E-state index contributed by atoms with van der Waals surface area (Å²) in [4.78, 5) is 24.9. The van der Waals surface area contributed by atoms with Crippen molar-refractivity contribution in [3.05, 3.63) is 72.8 Å². The number of rotatable bonds is 6.